The Hall–Kier alpha value is -1.39. The second-order valence-electron chi connectivity index (χ2n) is 4.03. The minimum Gasteiger partial charge on any atom is -0.335 e. The first-order valence-corrected chi connectivity index (χ1v) is 4.69. The molecular formula is C9H16N4O. The molecule has 0 amide bonds. The molecule has 0 radical (unpaired) electrons. The van der Waals surface area contributed by atoms with Gasteiger partial charge in [-0.2, -0.15) is 0 Å². The molecule has 5 heteroatoms. The molecular weight excluding hydrogens is 180 g/mol. The van der Waals surface area contributed by atoms with Gasteiger partial charge in [0.15, 0.2) is 0 Å². The molecule has 1 heterocycles. The summed E-state index contributed by atoms with van der Waals surface area (Å²) < 4.78 is 0.972. The van der Waals surface area contributed by atoms with Gasteiger partial charge >= 0.3 is 0 Å². The third kappa shape index (κ3) is 1.92. The van der Waals surface area contributed by atoms with Crippen molar-refractivity contribution in [3.63, 3.8) is 0 Å². The highest BCUT2D eigenvalue weighted by Gasteiger charge is 2.25. The van der Waals surface area contributed by atoms with E-state index in [2.05, 4.69) is 17.1 Å². The lowest BCUT2D eigenvalue weighted by Gasteiger charge is -2.21. The summed E-state index contributed by atoms with van der Waals surface area (Å²) in [5.41, 5.74) is -0.0934. The molecule has 1 aromatic rings. The molecule has 2 N–H and O–H groups in total. The van der Waals surface area contributed by atoms with Crippen LogP contribution < -0.4 is 11.4 Å². The third-order valence-corrected chi connectivity index (χ3v) is 2.29. The molecule has 0 aliphatic carbocycles. The van der Waals surface area contributed by atoms with E-state index in [1.807, 2.05) is 13.8 Å². The molecule has 0 saturated carbocycles. The van der Waals surface area contributed by atoms with Gasteiger partial charge in [0.05, 0.1) is 0 Å². The van der Waals surface area contributed by atoms with E-state index >= 15 is 0 Å². The first kappa shape index (κ1) is 10.7. The highest BCUT2D eigenvalue weighted by molar-refractivity contribution is 5.08. The van der Waals surface area contributed by atoms with Crippen LogP contribution in [0.25, 0.3) is 0 Å². The fourth-order valence-electron chi connectivity index (χ4n) is 1.52. The van der Waals surface area contributed by atoms with E-state index in [4.69, 9.17) is 5.84 Å². The molecule has 78 valence electrons. The molecule has 1 aromatic heterocycles. The van der Waals surface area contributed by atoms with Crippen molar-refractivity contribution in [2.75, 3.05) is 5.84 Å². The van der Waals surface area contributed by atoms with E-state index in [0.717, 1.165) is 17.5 Å². The minimum atomic E-state index is -0.265. The molecule has 0 unspecified atom stereocenters. The molecule has 1 rings (SSSR count). The molecule has 14 heavy (non-hydrogen) atoms. The fourth-order valence-corrected chi connectivity index (χ4v) is 1.52. The number of rotatable bonds is 3. The first-order chi connectivity index (χ1) is 6.49. The van der Waals surface area contributed by atoms with Crippen LogP contribution in [0.5, 0.6) is 0 Å². The molecule has 0 aromatic carbocycles. The molecule has 0 aliphatic heterocycles. The molecule has 0 saturated heterocycles. The molecule has 0 fully saturated rings. The Balaban J connectivity index is 3.19. The third-order valence-electron chi connectivity index (χ3n) is 2.29. The van der Waals surface area contributed by atoms with Crippen LogP contribution in [0.2, 0.25) is 0 Å². The lowest BCUT2D eigenvalue weighted by Crippen LogP contribution is -2.37. The number of hydrogen-bond donors (Lipinski definition) is 1. The van der Waals surface area contributed by atoms with Crippen LogP contribution in [0.15, 0.2) is 11.1 Å². The predicted molar refractivity (Wildman–Crippen MR) is 54.4 cm³/mol. The van der Waals surface area contributed by atoms with Gasteiger partial charge in [-0.15, -0.1) is 10.2 Å². The van der Waals surface area contributed by atoms with E-state index in [1.165, 1.54) is 6.33 Å². The van der Waals surface area contributed by atoms with Crippen molar-refractivity contribution in [2.45, 2.75) is 39.0 Å². The van der Waals surface area contributed by atoms with Crippen LogP contribution in [0.3, 0.4) is 0 Å². The van der Waals surface area contributed by atoms with Crippen molar-refractivity contribution in [3.8, 4) is 0 Å². The van der Waals surface area contributed by atoms with Crippen molar-refractivity contribution in [2.24, 2.45) is 0 Å². The van der Waals surface area contributed by atoms with Crippen LogP contribution in [0, 0.1) is 0 Å². The van der Waals surface area contributed by atoms with Gasteiger partial charge in [-0.05, 0) is 6.42 Å². The van der Waals surface area contributed by atoms with Crippen molar-refractivity contribution in [1.82, 2.24) is 14.9 Å². The smallest absolute Gasteiger partial charge is 0.294 e. The summed E-state index contributed by atoms with van der Waals surface area (Å²) in [7, 11) is 0. The van der Waals surface area contributed by atoms with E-state index in [9.17, 15) is 4.79 Å². The maximum absolute atomic E-state index is 11.6. The van der Waals surface area contributed by atoms with Gasteiger partial charge in [0.2, 0.25) is 0 Å². The summed E-state index contributed by atoms with van der Waals surface area (Å²) in [5, 5.41) is 7.55. The Morgan fingerprint density at radius 2 is 2.21 bits per heavy atom. The number of nitrogen functional groups attached to an aromatic ring is 1. The Kier molecular flexibility index (Phi) is 2.88. The number of aromatic nitrogens is 3. The molecule has 0 bridgehead atoms. The average Bonchev–Trinajstić information content (AvgIpc) is 2.09. The molecule has 5 nitrogen and oxygen atoms in total. The van der Waals surface area contributed by atoms with Gasteiger partial charge in [0.1, 0.15) is 12.0 Å². The zero-order valence-electron chi connectivity index (χ0n) is 8.82. The molecule has 0 atom stereocenters. The van der Waals surface area contributed by atoms with Crippen LogP contribution in [0.1, 0.15) is 39.3 Å². The van der Waals surface area contributed by atoms with Crippen LogP contribution in [-0.4, -0.2) is 14.9 Å². The monoisotopic (exact) mass is 196 g/mol. The lowest BCUT2D eigenvalue weighted by atomic mass is 9.85. The Bertz CT molecular complexity index is 369. The summed E-state index contributed by atoms with van der Waals surface area (Å²) in [4.78, 5) is 11.6. The van der Waals surface area contributed by atoms with Gasteiger partial charge in [0.25, 0.3) is 5.56 Å². The number of nitrogens with two attached hydrogens (primary N) is 1. The van der Waals surface area contributed by atoms with E-state index < -0.39 is 0 Å². The maximum Gasteiger partial charge on any atom is 0.294 e. The van der Waals surface area contributed by atoms with Gasteiger partial charge in [-0.3, -0.25) is 4.79 Å². The Labute approximate surface area is 82.9 Å². The highest BCUT2D eigenvalue weighted by Crippen LogP contribution is 2.23. The van der Waals surface area contributed by atoms with Gasteiger partial charge in [0, 0.05) is 5.41 Å². The SMILES string of the molecule is CCCC(C)(C)c1nncn(N)c1=O. The lowest BCUT2D eigenvalue weighted by molar-refractivity contribution is 0.443. The zero-order chi connectivity index (χ0) is 10.8. The normalized spacial score (nSPS) is 11.6. The van der Waals surface area contributed by atoms with Gasteiger partial charge in [-0.1, -0.05) is 27.2 Å². The maximum atomic E-state index is 11.6. The topological polar surface area (TPSA) is 73.8 Å². The average molecular weight is 196 g/mol. The van der Waals surface area contributed by atoms with Gasteiger partial charge in [-0.25, -0.2) is 4.68 Å². The summed E-state index contributed by atoms with van der Waals surface area (Å²) in [6.45, 7) is 6.02. The van der Waals surface area contributed by atoms with E-state index in [1.54, 1.807) is 0 Å². The second-order valence-corrected chi connectivity index (χ2v) is 4.03. The summed E-state index contributed by atoms with van der Waals surface area (Å²) in [5.74, 6) is 5.42. The number of hydrogen-bond acceptors (Lipinski definition) is 4. The van der Waals surface area contributed by atoms with Crippen molar-refractivity contribution < 1.29 is 0 Å². The minimum absolute atomic E-state index is 0.263. The summed E-state index contributed by atoms with van der Waals surface area (Å²) in [6.07, 6.45) is 3.10. The summed E-state index contributed by atoms with van der Waals surface area (Å²) >= 11 is 0. The van der Waals surface area contributed by atoms with Crippen molar-refractivity contribution in [1.29, 1.82) is 0 Å². The van der Waals surface area contributed by atoms with Gasteiger partial charge < -0.3 is 5.84 Å². The van der Waals surface area contributed by atoms with E-state index in [-0.39, 0.29) is 11.0 Å². The highest BCUT2D eigenvalue weighted by atomic mass is 16.1. The Morgan fingerprint density at radius 1 is 1.57 bits per heavy atom. The van der Waals surface area contributed by atoms with Crippen molar-refractivity contribution in [3.05, 3.63) is 22.4 Å². The zero-order valence-corrected chi connectivity index (χ0v) is 8.82. The Morgan fingerprint density at radius 3 is 2.79 bits per heavy atom. The van der Waals surface area contributed by atoms with E-state index in [0.29, 0.717) is 5.69 Å². The second kappa shape index (κ2) is 3.77. The van der Waals surface area contributed by atoms with Crippen molar-refractivity contribution >= 4 is 0 Å². The van der Waals surface area contributed by atoms with Crippen LogP contribution in [-0.2, 0) is 5.41 Å². The fraction of sp³-hybridized carbons (Fsp3) is 0.667. The predicted octanol–water partition coefficient (Wildman–Crippen LogP) is 0.430. The largest absolute Gasteiger partial charge is 0.335 e. The molecule has 0 aliphatic rings. The first-order valence-electron chi connectivity index (χ1n) is 4.69. The quantitative estimate of drug-likeness (QED) is 0.711. The standard InChI is InChI=1S/C9H16N4O/c1-4-5-9(2,3)7-8(14)13(10)6-11-12-7/h6H,4-5,10H2,1-3H3. The van der Waals surface area contributed by atoms with Crippen LogP contribution in [0.4, 0.5) is 0 Å². The summed E-state index contributed by atoms with van der Waals surface area (Å²) in [6, 6.07) is 0. The molecule has 0 spiro atoms. The number of nitrogens with zero attached hydrogens (tertiary/aromatic N) is 3. The van der Waals surface area contributed by atoms with Crippen LogP contribution >= 0.6 is 0 Å².